The van der Waals surface area contributed by atoms with Gasteiger partial charge in [-0.1, -0.05) is 0 Å². The third-order valence-corrected chi connectivity index (χ3v) is 2.89. The highest BCUT2D eigenvalue weighted by Crippen LogP contribution is 2.22. The average Bonchev–Trinajstić information content (AvgIpc) is 2.62. The van der Waals surface area contributed by atoms with Gasteiger partial charge in [-0.05, 0) is 39.5 Å². The molecule has 0 saturated heterocycles. The largest absolute Gasteiger partial charge is 0.227 e. The topological polar surface area (TPSA) is 12.9 Å². The molecule has 2 aromatic heterocycles. The Balaban J connectivity index is 2.49. The zero-order valence-electron chi connectivity index (χ0n) is 6.50. The smallest absolute Gasteiger partial charge is 0.219 e. The van der Waals surface area contributed by atoms with Gasteiger partial charge in [0.1, 0.15) is 0 Å². The molecule has 66 valence electrons. The molecule has 1 nitrogen and oxygen atoms in total. The Hall–Kier alpha value is -0.740. The van der Waals surface area contributed by atoms with E-state index >= 15 is 0 Å². The molecule has 0 amide bonds. The molecule has 0 aliphatic heterocycles. The molecular weight excluding hydrogens is 253 g/mol. The molecule has 0 fully saturated rings. The number of pyridine rings is 1. The number of thiophene rings is 1. The first-order valence-corrected chi connectivity index (χ1v) is 5.35. The fourth-order valence-electron chi connectivity index (χ4n) is 0.988. The van der Waals surface area contributed by atoms with Crippen LogP contribution < -0.4 is 0 Å². The van der Waals surface area contributed by atoms with Crippen LogP contribution in [-0.2, 0) is 0 Å². The van der Waals surface area contributed by atoms with Crippen LogP contribution in [0.5, 0.6) is 0 Å². The maximum atomic E-state index is 13.0. The Labute approximate surface area is 87.4 Å². The summed E-state index contributed by atoms with van der Waals surface area (Å²) in [5.74, 6) is -0.469. The second-order valence-electron chi connectivity index (χ2n) is 2.48. The van der Waals surface area contributed by atoms with Crippen molar-refractivity contribution in [3.8, 4) is 11.3 Å². The zero-order chi connectivity index (χ0) is 9.26. The third kappa shape index (κ3) is 1.78. The third-order valence-electron chi connectivity index (χ3n) is 1.62. The van der Waals surface area contributed by atoms with E-state index in [4.69, 9.17) is 0 Å². The van der Waals surface area contributed by atoms with E-state index in [1.165, 1.54) is 0 Å². The molecule has 0 aliphatic rings. The van der Waals surface area contributed by atoms with E-state index in [-0.39, 0.29) is 0 Å². The van der Waals surface area contributed by atoms with E-state index < -0.39 is 5.95 Å². The van der Waals surface area contributed by atoms with Crippen LogP contribution in [0.3, 0.4) is 0 Å². The number of hydrogen-bond donors (Lipinski definition) is 0. The maximum absolute atomic E-state index is 13.0. The Morgan fingerprint density at radius 3 is 2.77 bits per heavy atom. The predicted molar refractivity (Wildman–Crippen MR) is 55.2 cm³/mol. The van der Waals surface area contributed by atoms with Gasteiger partial charge < -0.3 is 0 Å². The number of hydrogen-bond acceptors (Lipinski definition) is 2. The van der Waals surface area contributed by atoms with E-state index in [9.17, 15) is 4.39 Å². The monoisotopic (exact) mass is 257 g/mol. The molecule has 2 heterocycles. The first kappa shape index (κ1) is 8.84. The molecule has 0 aromatic carbocycles. The highest BCUT2D eigenvalue weighted by atomic mass is 79.9. The molecule has 2 aromatic rings. The first-order chi connectivity index (χ1) is 6.27. The summed E-state index contributed by atoms with van der Waals surface area (Å²) in [5, 5.41) is 3.88. The van der Waals surface area contributed by atoms with E-state index in [0.717, 1.165) is 5.56 Å². The van der Waals surface area contributed by atoms with Gasteiger partial charge in [0.05, 0.1) is 10.2 Å². The average molecular weight is 258 g/mol. The SMILES string of the molecule is Fc1nc(-c2ccsc2)ccc1Br. The van der Waals surface area contributed by atoms with Crippen LogP contribution >= 0.6 is 27.3 Å². The van der Waals surface area contributed by atoms with Crippen LogP contribution in [0.2, 0.25) is 0 Å². The second kappa shape index (κ2) is 3.55. The van der Waals surface area contributed by atoms with Gasteiger partial charge in [0.2, 0.25) is 5.95 Å². The summed E-state index contributed by atoms with van der Waals surface area (Å²) in [6, 6.07) is 5.37. The van der Waals surface area contributed by atoms with Crippen LogP contribution in [-0.4, -0.2) is 4.98 Å². The summed E-state index contributed by atoms with van der Waals surface area (Å²) in [6.45, 7) is 0. The van der Waals surface area contributed by atoms with Gasteiger partial charge in [-0.15, -0.1) is 0 Å². The molecule has 0 saturated carbocycles. The summed E-state index contributed by atoms with van der Waals surface area (Å²) in [6.07, 6.45) is 0. The molecule has 0 N–H and O–H groups in total. The molecule has 0 bridgehead atoms. The molecule has 0 atom stereocenters. The lowest BCUT2D eigenvalue weighted by Crippen LogP contribution is -1.87. The minimum atomic E-state index is -0.469. The number of nitrogens with zero attached hydrogens (tertiary/aromatic N) is 1. The van der Waals surface area contributed by atoms with Crippen LogP contribution in [0.15, 0.2) is 33.4 Å². The molecule has 0 unspecified atom stereocenters. The van der Waals surface area contributed by atoms with E-state index in [2.05, 4.69) is 20.9 Å². The van der Waals surface area contributed by atoms with Gasteiger partial charge in [-0.25, -0.2) is 4.98 Å². The highest BCUT2D eigenvalue weighted by molar-refractivity contribution is 9.10. The van der Waals surface area contributed by atoms with Crippen LogP contribution in [0, 0.1) is 5.95 Å². The van der Waals surface area contributed by atoms with E-state index in [1.54, 1.807) is 23.5 Å². The van der Waals surface area contributed by atoms with Gasteiger partial charge in [0, 0.05) is 10.9 Å². The normalized spacial score (nSPS) is 10.3. The summed E-state index contributed by atoms with van der Waals surface area (Å²) in [5.41, 5.74) is 1.62. The van der Waals surface area contributed by atoms with Crippen molar-refractivity contribution in [1.82, 2.24) is 4.98 Å². The summed E-state index contributed by atoms with van der Waals surface area (Å²) < 4.78 is 13.4. The summed E-state index contributed by atoms with van der Waals surface area (Å²) >= 11 is 4.63. The molecular formula is C9H5BrFNS. The Bertz CT molecular complexity index is 414. The fourth-order valence-corrected chi connectivity index (χ4v) is 1.86. The van der Waals surface area contributed by atoms with Gasteiger partial charge >= 0.3 is 0 Å². The van der Waals surface area contributed by atoms with Crippen molar-refractivity contribution in [3.63, 3.8) is 0 Å². The zero-order valence-corrected chi connectivity index (χ0v) is 8.90. The predicted octanol–water partition coefficient (Wildman–Crippen LogP) is 3.71. The minimum absolute atomic E-state index is 0.395. The quantitative estimate of drug-likeness (QED) is 0.710. The molecule has 0 radical (unpaired) electrons. The van der Waals surface area contributed by atoms with Gasteiger partial charge in [-0.3, -0.25) is 0 Å². The van der Waals surface area contributed by atoms with Crippen molar-refractivity contribution in [2.45, 2.75) is 0 Å². The number of halogens is 2. The minimum Gasteiger partial charge on any atom is -0.219 e. The van der Waals surface area contributed by atoms with Crippen molar-refractivity contribution in [1.29, 1.82) is 0 Å². The van der Waals surface area contributed by atoms with Crippen molar-refractivity contribution < 1.29 is 4.39 Å². The molecule has 0 spiro atoms. The fraction of sp³-hybridized carbons (Fsp3) is 0. The summed E-state index contributed by atoms with van der Waals surface area (Å²) in [4.78, 5) is 3.81. The molecule has 0 aliphatic carbocycles. The van der Waals surface area contributed by atoms with Gasteiger partial charge in [-0.2, -0.15) is 15.7 Å². The number of aromatic nitrogens is 1. The maximum Gasteiger partial charge on any atom is 0.227 e. The van der Waals surface area contributed by atoms with Crippen LogP contribution in [0.1, 0.15) is 0 Å². The lowest BCUT2D eigenvalue weighted by Gasteiger charge is -1.97. The Morgan fingerprint density at radius 1 is 1.31 bits per heavy atom. The van der Waals surface area contributed by atoms with Crippen LogP contribution in [0.25, 0.3) is 11.3 Å². The Kier molecular flexibility index (Phi) is 2.42. The molecule has 13 heavy (non-hydrogen) atoms. The second-order valence-corrected chi connectivity index (χ2v) is 4.12. The summed E-state index contributed by atoms with van der Waals surface area (Å²) in [7, 11) is 0. The Morgan fingerprint density at radius 2 is 2.15 bits per heavy atom. The van der Waals surface area contributed by atoms with Gasteiger partial charge in [0.25, 0.3) is 0 Å². The lowest BCUT2D eigenvalue weighted by molar-refractivity contribution is 0.578. The first-order valence-electron chi connectivity index (χ1n) is 3.62. The van der Waals surface area contributed by atoms with Gasteiger partial charge in [0.15, 0.2) is 0 Å². The van der Waals surface area contributed by atoms with E-state index in [1.807, 2.05) is 16.8 Å². The number of rotatable bonds is 1. The molecule has 4 heteroatoms. The van der Waals surface area contributed by atoms with Crippen molar-refractivity contribution >= 4 is 27.3 Å². The van der Waals surface area contributed by atoms with Crippen molar-refractivity contribution in [2.75, 3.05) is 0 Å². The van der Waals surface area contributed by atoms with Crippen molar-refractivity contribution in [2.24, 2.45) is 0 Å². The highest BCUT2D eigenvalue weighted by Gasteiger charge is 2.04. The van der Waals surface area contributed by atoms with Crippen LogP contribution in [0.4, 0.5) is 4.39 Å². The van der Waals surface area contributed by atoms with E-state index in [0.29, 0.717) is 10.2 Å². The molecule has 2 rings (SSSR count). The standard InChI is InChI=1S/C9H5BrFNS/c10-7-1-2-8(12-9(7)11)6-3-4-13-5-6/h1-5H. The van der Waals surface area contributed by atoms with Crippen molar-refractivity contribution in [3.05, 3.63) is 39.4 Å². The lowest BCUT2D eigenvalue weighted by atomic mass is 10.2.